The average Bonchev–Trinajstić information content (AvgIpc) is 2.55. The van der Waals surface area contributed by atoms with Gasteiger partial charge in [0.1, 0.15) is 6.10 Å². The molecule has 0 radical (unpaired) electrons. The normalized spacial score (nSPS) is 36.8. The molecule has 18 heavy (non-hydrogen) atoms. The molecule has 1 aliphatic rings. The van der Waals surface area contributed by atoms with Crippen molar-refractivity contribution in [3.05, 3.63) is 24.3 Å². The lowest BCUT2D eigenvalue weighted by atomic mass is 9.89. The van der Waals surface area contributed by atoms with Crippen molar-refractivity contribution in [3.8, 4) is 0 Å². The molecule has 0 aromatic carbocycles. The summed E-state index contributed by atoms with van der Waals surface area (Å²) < 4.78 is 0. The maximum Gasteiger partial charge on any atom is 0.339 e. The van der Waals surface area contributed by atoms with Gasteiger partial charge < -0.3 is 20.4 Å². The van der Waals surface area contributed by atoms with E-state index in [1.165, 1.54) is 6.08 Å². The Morgan fingerprint density at radius 2 is 2.06 bits per heavy atom. The van der Waals surface area contributed by atoms with Crippen molar-refractivity contribution in [2.75, 3.05) is 0 Å². The van der Waals surface area contributed by atoms with Crippen LogP contribution in [0.25, 0.3) is 0 Å². The molecule has 0 aliphatic heterocycles. The van der Waals surface area contributed by atoms with Crippen LogP contribution >= 0.6 is 0 Å². The Balaban J connectivity index is 2.78. The number of allylic oxidation sites excluding steroid dienone is 3. The Morgan fingerprint density at radius 1 is 1.39 bits per heavy atom. The van der Waals surface area contributed by atoms with Crippen molar-refractivity contribution in [1.82, 2.24) is 0 Å². The van der Waals surface area contributed by atoms with E-state index in [0.717, 1.165) is 12.8 Å². The van der Waals surface area contributed by atoms with E-state index in [0.29, 0.717) is 0 Å². The lowest BCUT2D eigenvalue weighted by Crippen LogP contribution is -2.52. The molecule has 0 heterocycles. The average molecular weight is 256 g/mol. The third-order valence-electron chi connectivity index (χ3n) is 3.26. The van der Waals surface area contributed by atoms with Gasteiger partial charge >= 0.3 is 5.97 Å². The first-order valence-electron chi connectivity index (χ1n) is 6.09. The summed E-state index contributed by atoms with van der Waals surface area (Å²) in [6.07, 6.45) is 5.93. The molecule has 0 saturated heterocycles. The van der Waals surface area contributed by atoms with Gasteiger partial charge in [0, 0.05) is 5.92 Å². The van der Waals surface area contributed by atoms with Crippen molar-refractivity contribution in [2.45, 2.75) is 44.0 Å². The number of aliphatic carboxylic acids is 1. The zero-order valence-electron chi connectivity index (χ0n) is 10.4. The Hall–Kier alpha value is -1.17. The Morgan fingerprint density at radius 3 is 2.61 bits per heavy atom. The zero-order valence-corrected chi connectivity index (χ0v) is 10.4. The van der Waals surface area contributed by atoms with Crippen LogP contribution in [0.4, 0.5) is 0 Å². The lowest BCUT2D eigenvalue weighted by molar-refractivity contribution is -0.175. The molecule has 0 spiro atoms. The van der Waals surface area contributed by atoms with Gasteiger partial charge in [-0.25, -0.2) is 4.79 Å². The third-order valence-corrected chi connectivity index (χ3v) is 3.26. The minimum absolute atomic E-state index is 0.0298. The van der Waals surface area contributed by atoms with Crippen LogP contribution in [0, 0.1) is 5.92 Å². The SMILES string of the molecule is CCC/C=C/C=C/[C@@H]1C[C@H](O)[C@@H](O)[C@]1(O)C(=O)O. The fourth-order valence-electron chi connectivity index (χ4n) is 2.13. The number of hydrogen-bond acceptors (Lipinski definition) is 4. The highest BCUT2D eigenvalue weighted by Gasteiger charge is 2.57. The molecule has 0 aromatic heterocycles. The molecule has 1 aliphatic carbocycles. The first kappa shape index (κ1) is 14.9. The summed E-state index contributed by atoms with van der Waals surface area (Å²) in [5, 5.41) is 38.0. The second kappa shape index (κ2) is 6.13. The van der Waals surface area contributed by atoms with Crippen LogP contribution in [-0.2, 0) is 4.79 Å². The molecule has 4 atom stereocenters. The van der Waals surface area contributed by atoms with E-state index in [-0.39, 0.29) is 6.42 Å². The summed E-state index contributed by atoms with van der Waals surface area (Å²) in [4.78, 5) is 11.1. The van der Waals surface area contributed by atoms with E-state index in [9.17, 15) is 20.1 Å². The van der Waals surface area contributed by atoms with Gasteiger partial charge in [0.05, 0.1) is 6.10 Å². The number of carboxylic acid groups (broad SMARTS) is 1. The summed E-state index contributed by atoms with van der Waals surface area (Å²) in [6.45, 7) is 2.04. The molecule has 0 bridgehead atoms. The zero-order chi connectivity index (χ0) is 13.8. The Labute approximate surface area is 106 Å². The molecule has 5 heteroatoms. The van der Waals surface area contributed by atoms with Crippen LogP contribution in [0.3, 0.4) is 0 Å². The van der Waals surface area contributed by atoms with Gasteiger partial charge in [-0.15, -0.1) is 0 Å². The second-order valence-corrected chi connectivity index (χ2v) is 4.59. The molecule has 5 nitrogen and oxygen atoms in total. The standard InChI is InChI=1S/C13H20O5/c1-2-3-4-5-6-7-9-8-10(14)11(15)13(9,18)12(16)17/h4-7,9-11,14-15,18H,2-3,8H2,1H3,(H,16,17)/b5-4+,7-6+/t9-,10+,11-,13+/m1/s1. The molecule has 0 unspecified atom stereocenters. The minimum Gasteiger partial charge on any atom is -0.479 e. The van der Waals surface area contributed by atoms with Gasteiger partial charge in [0.25, 0.3) is 0 Å². The quantitative estimate of drug-likeness (QED) is 0.536. The van der Waals surface area contributed by atoms with Crippen molar-refractivity contribution in [1.29, 1.82) is 0 Å². The molecule has 4 N–H and O–H groups in total. The predicted molar refractivity (Wildman–Crippen MR) is 65.9 cm³/mol. The molecule has 0 amide bonds. The van der Waals surface area contributed by atoms with Gasteiger partial charge in [0.15, 0.2) is 5.60 Å². The molecule has 1 fully saturated rings. The van der Waals surface area contributed by atoms with Gasteiger partial charge in [-0.05, 0) is 12.8 Å². The number of rotatable bonds is 5. The molecule has 102 valence electrons. The van der Waals surface area contributed by atoms with Crippen LogP contribution in [-0.4, -0.2) is 44.2 Å². The highest BCUT2D eigenvalue weighted by atomic mass is 16.4. The maximum atomic E-state index is 11.1. The fraction of sp³-hybridized carbons (Fsp3) is 0.615. The topological polar surface area (TPSA) is 98.0 Å². The highest BCUT2D eigenvalue weighted by Crippen LogP contribution is 2.37. The summed E-state index contributed by atoms with van der Waals surface area (Å²) in [6, 6.07) is 0. The Bertz CT molecular complexity index is 349. The molecule has 1 saturated carbocycles. The van der Waals surface area contributed by atoms with Crippen LogP contribution in [0.5, 0.6) is 0 Å². The van der Waals surface area contributed by atoms with Crippen molar-refractivity contribution >= 4 is 5.97 Å². The first-order valence-corrected chi connectivity index (χ1v) is 6.09. The largest absolute Gasteiger partial charge is 0.479 e. The monoisotopic (exact) mass is 256 g/mol. The molecule has 0 aromatic rings. The summed E-state index contributed by atoms with van der Waals surface area (Å²) in [7, 11) is 0. The van der Waals surface area contributed by atoms with Crippen LogP contribution in [0.2, 0.25) is 0 Å². The predicted octanol–water partition coefficient (Wildman–Crippen LogP) is 0.456. The molecule has 1 rings (SSSR count). The number of unbranched alkanes of at least 4 members (excludes halogenated alkanes) is 1. The number of hydrogen-bond donors (Lipinski definition) is 4. The third kappa shape index (κ3) is 2.80. The number of carbonyl (C=O) groups is 1. The first-order chi connectivity index (χ1) is 8.44. The van der Waals surface area contributed by atoms with E-state index in [2.05, 4.69) is 0 Å². The van der Waals surface area contributed by atoms with E-state index in [4.69, 9.17) is 5.11 Å². The van der Waals surface area contributed by atoms with Gasteiger partial charge in [-0.2, -0.15) is 0 Å². The number of aliphatic hydroxyl groups excluding tert-OH is 2. The minimum atomic E-state index is -2.31. The van der Waals surface area contributed by atoms with Gasteiger partial charge in [-0.3, -0.25) is 0 Å². The fourth-order valence-corrected chi connectivity index (χ4v) is 2.13. The van der Waals surface area contributed by atoms with E-state index < -0.39 is 29.7 Å². The summed E-state index contributed by atoms with van der Waals surface area (Å²) in [5.74, 6) is -2.31. The lowest BCUT2D eigenvalue weighted by Gasteiger charge is -2.26. The van der Waals surface area contributed by atoms with Crippen molar-refractivity contribution < 1.29 is 25.2 Å². The summed E-state index contributed by atoms with van der Waals surface area (Å²) >= 11 is 0. The second-order valence-electron chi connectivity index (χ2n) is 4.59. The van der Waals surface area contributed by atoms with E-state index in [1.807, 2.05) is 13.0 Å². The smallest absolute Gasteiger partial charge is 0.339 e. The van der Waals surface area contributed by atoms with Crippen LogP contribution in [0.15, 0.2) is 24.3 Å². The highest BCUT2D eigenvalue weighted by molar-refractivity contribution is 5.79. The van der Waals surface area contributed by atoms with Crippen LogP contribution in [0.1, 0.15) is 26.2 Å². The Kier molecular flexibility index (Phi) is 5.07. The molecular formula is C13H20O5. The van der Waals surface area contributed by atoms with E-state index >= 15 is 0 Å². The van der Waals surface area contributed by atoms with Crippen molar-refractivity contribution in [3.63, 3.8) is 0 Å². The van der Waals surface area contributed by atoms with Gasteiger partial charge in [-0.1, -0.05) is 37.6 Å². The molecular weight excluding hydrogens is 236 g/mol. The van der Waals surface area contributed by atoms with E-state index in [1.54, 1.807) is 12.2 Å². The maximum absolute atomic E-state index is 11.1. The number of carboxylic acids is 1. The summed E-state index contributed by atoms with van der Waals surface area (Å²) in [5.41, 5.74) is -2.31. The van der Waals surface area contributed by atoms with Crippen molar-refractivity contribution in [2.24, 2.45) is 5.92 Å². The number of aliphatic hydroxyl groups is 3. The van der Waals surface area contributed by atoms with Gasteiger partial charge in [0.2, 0.25) is 0 Å². The van der Waals surface area contributed by atoms with Crippen LogP contribution < -0.4 is 0 Å².